The lowest BCUT2D eigenvalue weighted by Gasteiger charge is -2.04. The summed E-state index contributed by atoms with van der Waals surface area (Å²) in [6, 6.07) is 9.43. The molecule has 0 bridgehead atoms. The topological polar surface area (TPSA) is 33.1 Å². The van der Waals surface area contributed by atoms with Gasteiger partial charge in [0.05, 0.1) is 6.61 Å². The number of aliphatic hydroxyl groups excluding tert-OH is 1. The second-order valence-corrected chi connectivity index (χ2v) is 3.61. The number of aliphatic hydroxyl groups is 1. The average molecular weight is 220 g/mol. The van der Waals surface area contributed by atoms with Crippen LogP contribution in [0, 0.1) is 0 Å². The molecule has 0 aliphatic rings. The van der Waals surface area contributed by atoms with Crippen LogP contribution in [0.1, 0.15) is 5.56 Å². The molecule has 0 spiro atoms. The van der Waals surface area contributed by atoms with E-state index in [-0.39, 0.29) is 6.61 Å². The quantitative estimate of drug-likeness (QED) is 0.843. The smallest absolute Gasteiger partial charge is 0.0696 e. The van der Waals surface area contributed by atoms with Gasteiger partial charge in [0.25, 0.3) is 0 Å². The molecular weight excluding hydrogens is 210 g/mol. The molecule has 15 heavy (non-hydrogen) atoms. The molecule has 0 radical (unpaired) electrons. The van der Waals surface area contributed by atoms with Gasteiger partial charge >= 0.3 is 0 Å². The minimum absolute atomic E-state index is 0.0356. The molecule has 0 atom stereocenters. The van der Waals surface area contributed by atoms with Crippen LogP contribution < -0.4 is 0 Å². The van der Waals surface area contributed by atoms with Crippen molar-refractivity contribution in [1.29, 1.82) is 0 Å². The number of hydrogen-bond donors (Lipinski definition) is 1. The Labute approximate surface area is 93.2 Å². The van der Waals surface area contributed by atoms with Gasteiger partial charge in [0.2, 0.25) is 0 Å². The highest BCUT2D eigenvalue weighted by molar-refractivity contribution is 6.31. The van der Waals surface area contributed by atoms with Crippen LogP contribution in [-0.2, 0) is 6.61 Å². The molecule has 1 N–H and O–H groups in total. The molecular formula is C12H10ClNO. The summed E-state index contributed by atoms with van der Waals surface area (Å²) >= 11 is 6.00. The zero-order chi connectivity index (χ0) is 10.7. The molecule has 0 saturated carbocycles. The third-order valence-electron chi connectivity index (χ3n) is 2.22. The van der Waals surface area contributed by atoms with E-state index in [4.69, 9.17) is 16.7 Å². The zero-order valence-electron chi connectivity index (χ0n) is 8.02. The van der Waals surface area contributed by atoms with Gasteiger partial charge in [-0.1, -0.05) is 29.8 Å². The predicted molar refractivity (Wildman–Crippen MR) is 60.6 cm³/mol. The molecule has 2 rings (SSSR count). The summed E-state index contributed by atoms with van der Waals surface area (Å²) in [5.74, 6) is 0. The van der Waals surface area contributed by atoms with Crippen LogP contribution >= 0.6 is 11.6 Å². The first-order chi connectivity index (χ1) is 7.31. The maximum atomic E-state index is 8.98. The van der Waals surface area contributed by atoms with Crippen molar-refractivity contribution in [2.24, 2.45) is 0 Å². The Morgan fingerprint density at radius 2 is 2.07 bits per heavy atom. The number of benzene rings is 1. The van der Waals surface area contributed by atoms with Crippen molar-refractivity contribution in [2.45, 2.75) is 6.61 Å². The Morgan fingerprint density at radius 3 is 2.67 bits per heavy atom. The zero-order valence-corrected chi connectivity index (χ0v) is 8.78. The summed E-state index contributed by atoms with van der Waals surface area (Å²) in [6.45, 7) is -0.0356. The van der Waals surface area contributed by atoms with E-state index >= 15 is 0 Å². The minimum Gasteiger partial charge on any atom is -0.392 e. The van der Waals surface area contributed by atoms with E-state index in [0.29, 0.717) is 5.02 Å². The third-order valence-corrected chi connectivity index (χ3v) is 2.57. The van der Waals surface area contributed by atoms with Crippen molar-refractivity contribution in [2.75, 3.05) is 0 Å². The maximum Gasteiger partial charge on any atom is 0.0696 e. The Kier molecular flexibility index (Phi) is 2.99. The van der Waals surface area contributed by atoms with Crippen LogP contribution in [0.2, 0.25) is 5.02 Å². The highest BCUT2D eigenvalue weighted by Crippen LogP contribution is 2.24. The Bertz CT molecular complexity index is 456. The normalized spacial score (nSPS) is 10.3. The molecule has 2 aromatic rings. The van der Waals surface area contributed by atoms with Gasteiger partial charge in [0, 0.05) is 23.0 Å². The fraction of sp³-hybridized carbons (Fsp3) is 0.0833. The van der Waals surface area contributed by atoms with E-state index in [1.54, 1.807) is 12.4 Å². The molecule has 1 aromatic heterocycles. The van der Waals surface area contributed by atoms with E-state index in [9.17, 15) is 0 Å². The fourth-order valence-corrected chi connectivity index (χ4v) is 1.63. The monoisotopic (exact) mass is 219 g/mol. The van der Waals surface area contributed by atoms with Gasteiger partial charge < -0.3 is 5.11 Å². The molecule has 0 saturated heterocycles. The van der Waals surface area contributed by atoms with E-state index in [0.717, 1.165) is 16.7 Å². The summed E-state index contributed by atoms with van der Waals surface area (Å²) in [7, 11) is 0. The minimum atomic E-state index is -0.0356. The SMILES string of the molecule is OCc1ccc(-c2cccnc2)cc1Cl. The lowest BCUT2D eigenvalue weighted by Crippen LogP contribution is -1.86. The summed E-state index contributed by atoms with van der Waals surface area (Å²) < 4.78 is 0. The van der Waals surface area contributed by atoms with Crippen molar-refractivity contribution in [3.63, 3.8) is 0 Å². The van der Waals surface area contributed by atoms with Crippen molar-refractivity contribution >= 4 is 11.6 Å². The predicted octanol–water partition coefficient (Wildman–Crippen LogP) is 2.89. The number of halogens is 1. The molecule has 0 fully saturated rings. The van der Waals surface area contributed by atoms with Gasteiger partial charge in [-0.25, -0.2) is 0 Å². The lowest BCUT2D eigenvalue weighted by atomic mass is 10.1. The Balaban J connectivity index is 2.43. The number of rotatable bonds is 2. The number of aromatic nitrogens is 1. The van der Waals surface area contributed by atoms with E-state index in [1.807, 2.05) is 30.3 Å². The standard InChI is InChI=1S/C12H10ClNO/c13-12-6-9(3-4-11(12)8-15)10-2-1-5-14-7-10/h1-7,15H,8H2. The number of pyridine rings is 1. The maximum absolute atomic E-state index is 8.98. The van der Waals surface area contributed by atoms with Crippen LogP contribution in [0.15, 0.2) is 42.7 Å². The van der Waals surface area contributed by atoms with Gasteiger partial charge in [-0.05, 0) is 23.3 Å². The molecule has 76 valence electrons. The largest absolute Gasteiger partial charge is 0.392 e. The molecule has 0 aliphatic carbocycles. The van der Waals surface area contributed by atoms with E-state index in [1.165, 1.54) is 0 Å². The highest BCUT2D eigenvalue weighted by atomic mass is 35.5. The van der Waals surface area contributed by atoms with Crippen molar-refractivity contribution in [3.05, 3.63) is 53.3 Å². The highest BCUT2D eigenvalue weighted by Gasteiger charge is 2.02. The Morgan fingerprint density at radius 1 is 1.20 bits per heavy atom. The van der Waals surface area contributed by atoms with Crippen molar-refractivity contribution < 1.29 is 5.11 Å². The first-order valence-corrected chi connectivity index (χ1v) is 4.99. The first-order valence-electron chi connectivity index (χ1n) is 4.61. The average Bonchev–Trinajstić information content (AvgIpc) is 2.30. The second-order valence-electron chi connectivity index (χ2n) is 3.21. The van der Waals surface area contributed by atoms with Crippen LogP contribution in [0.3, 0.4) is 0 Å². The van der Waals surface area contributed by atoms with Gasteiger partial charge in [-0.3, -0.25) is 4.98 Å². The van der Waals surface area contributed by atoms with Crippen LogP contribution in [-0.4, -0.2) is 10.1 Å². The Hall–Kier alpha value is -1.38. The fourth-order valence-electron chi connectivity index (χ4n) is 1.39. The lowest BCUT2D eigenvalue weighted by molar-refractivity contribution is 0.282. The molecule has 1 aromatic carbocycles. The first kappa shape index (κ1) is 10.1. The van der Waals surface area contributed by atoms with E-state index in [2.05, 4.69) is 4.98 Å². The molecule has 0 unspecified atom stereocenters. The summed E-state index contributed by atoms with van der Waals surface area (Å²) in [5.41, 5.74) is 2.76. The van der Waals surface area contributed by atoms with Gasteiger partial charge in [0.1, 0.15) is 0 Å². The third kappa shape index (κ3) is 2.17. The van der Waals surface area contributed by atoms with Crippen LogP contribution in [0.25, 0.3) is 11.1 Å². The molecule has 3 heteroatoms. The van der Waals surface area contributed by atoms with Crippen LogP contribution in [0.5, 0.6) is 0 Å². The van der Waals surface area contributed by atoms with Crippen LogP contribution in [0.4, 0.5) is 0 Å². The second kappa shape index (κ2) is 4.43. The van der Waals surface area contributed by atoms with Gasteiger partial charge in [0.15, 0.2) is 0 Å². The molecule has 2 nitrogen and oxygen atoms in total. The number of nitrogens with zero attached hydrogens (tertiary/aromatic N) is 1. The van der Waals surface area contributed by atoms with Crippen molar-refractivity contribution in [1.82, 2.24) is 4.98 Å². The molecule has 0 amide bonds. The van der Waals surface area contributed by atoms with Gasteiger partial charge in [-0.2, -0.15) is 0 Å². The van der Waals surface area contributed by atoms with E-state index < -0.39 is 0 Å². The summed E-state index contributed by atoms with van der Waals surface area (Å²) in [4.78, 5) is 4.04. The summed E-state index contributed by atoms with van der Waals surface area (Å²) in [6.07, 6.45) is 3.51. The summed E-state index contributed by atoms with van der Waals surface area (Å²) in [5, 5.41) is 9.57. The molecule has 0 aliphatic heterocycles. The van der Waals surface area contributed by atoms with Gasteiger partial charge in [-0.15, -0.1) is 0 Å². The number of hydrogen-bond acceptors (Lipinski definition) is 2. The van der Waals surface area contributed by atoms with Crippen molar-refractivity contribution in [3.8, 4) is 11.1 Å². The molecule has 1 heterocycles.